The number of aromatic nitrogens is 4. The van der Waals surface area contributed by atoms with Gasteiger partial charge in [-0.25, -0.2) is 0 Å². The first kappa shape index (κ1) is 17.2. The second kappa shape index (κ2) is 7.21. The van der Waals surface area contributed by atoms with Crippen molar-refractivity contribution in [1.29, 1.82) is 0 Å². The topological polar surface area (TPSA) is 75.7 Å². The Bertz CT molecular complexity index is 983. The highest BCUT2D eigenvalue weighted by atomic mass is 16.7. The number of hydrogen-bond donors (Lipinski definition) is 1. The van der Waals surface area contributed by atoms with E-state index < -0.39 is 0 Å². The number of rotatable bonds is 4. The molecule has 0 bridgehead atoms. The summed E-state index contributed by atoms with van der Waals surface area (Å²) >= 11 is 0. The van der Waals surface area contributed by atoms with Crippen LogP contribution in [-0.4, -0.2) is 53.3 Å². The van der Waals surface area contributed by atoms with Crippen molar-refractivity contribution in [1.82, 2.24) is 20.2 Å². The number of tetrazole rings is 1. The van der Waals surface area contributed by atoms with Gasteiger partial charge in [-0.05, 0) is 47.2 Å². The molecule has 144 valence electrons. The molecule has 1 aromatic heterocycles. The standard InChI is InChI=1S/C20H21N5O3/c1-14-4-2-3-5-16(14)25-20(21-22-23-25)19(24-8-10-26-11-9-24)15-6-7-17-18(12-15)28-13-27-17/h2-7,12,19H,8-11,13H2,1H3/p+1/t19-/m0/s1. The number of hydrogen-bond acceptors (Lipinski definition) is 6. The fourth-order valence-electron chi connectivity index (χ4n) is 3.93. The van der Waals surface area contributed by atoms with Crippen molar-refractivity contribution in [2.75, 3.05) is 33.1 Å². The van der Waals surface area contributed by atoms with Crippen LogP contribution in [0.1, 0.15) is 23.0 Å². The van der Waals surface area contributed by atoms with Crippen LogP contribution in [0.5, 0.6) is 11.5 Å². The number of nitrogens with zero attached hydrogens (tertiary/aromatic N) is 4. The highest BCUT2D eigenvalue weighted by Gasteiger charge is 2.34. The molecule has 2 aliphatic rings. The van der Waals surface area contributed by atoms with E-state index in [4.69, 9.17) is 14.2 Å². The Balaban J connectivity index is 1.62. The molecule has 1 N–H and O–H groups in total. The van der Waals surface area contributed by atoms with Crippen LogP contribution in [0.4, 0.5) is 0 Å². The number of fused-ring (bicyclic) bond motifs is 1. The van der Waals surface area contributed by atoms with Gasteiger partial charge in [-0.3, -0.25) is 0 Å². The Kier molecular flexibility index (Phi) is 4.42. The zero-order valence-corrected chi connectivity index (χ0v) is 15.7. The minimum Gasteiger partial charge on any atom is -0.454 e. The molecule has 5 rings (SSSR count). The summed E-state index contributed by atoms with van der Waals surface area (Å²) in [4.78, 5) is 1.37. The first-order valence-corrected chi connectivity index (χ1v) is 9.47. The molecule has 1 fully saturated rings. The highest BCUT2D eigenvalue weighted by Crippen LogP contribution is 2.35. The summed E-state index contributed by atoms with van der Waals surface area (Å²) in [7, 11) is 0. The van der Waals surface area contributed by atoms with Crippen molar-refractivity contribution in [2.45, 2.75) is 13.0 Å². The molecule has 3 heterocycles. The van der Waals surface area contributed by atoms with Crippen LogP contribution in [-0.2, 0) is 4.74 Å². The molecule has 28 heavy (non-hydrogen) atoms. The van der Waals surface area contributed by atoms with Gasteiger partial charge in [0.15, 0.2) is 17.5 Å². The molecular weight excluding hydrogens is 358 g/mol. The first-order valence-electron chi connectivity index (χ1n) is 9.47. The molecule has 0 unspecified atom stereocenters. The third-order valence-corrected chi connectivity index (χ3v) is 5.37. The minimum atomic E-state index is -0.0343. The van der Waals surface area contributed by atoms with E-state index in [9.17, 15) is 0 Å². The van der Waals surface area contributed by atoms with Crippen molar-refractivity contribution < 1.29 is 19.1 Å². The van der Waals surface area contributed by atoms with Crippen LogP contribution >= 0.6 is 0 Å². The third-order valence-electron chi connectivity index (χ3n) is 5.37. The summed E-state index contributed by atoms with van der Waals surface area (Å²) in [6.07, 6.45) is 0. The lowest BCUT2D eigenvalue weighted by Gasteiger charge is -2.31. The van der Waals surface area contributed by atoms with Gasteiger partial charge in [-0.15, -0.1) is 5.10 Å². The van der Waals surface area contributed by atoms with Crippen molar-refractivity contribution >= 4 is 0 Å². The van der Waals surface area contributed by atoms with Crippen molar-refractivity contribution in [2.24, 2.45) is 0 Å². The number of benzene rings is 2. The van der Waals surface area contributed by atoms with E-state index in [1.165, 1.54) is 4.90 Å². The number of ether oxygens (including phenoxy) is 3. The second-order valence-electron chi connectivity index (χ2n) is 7.05. The molecule has 8 heteroatoms. The van der Waals surface area contributed by atoms with Crippen molar-refractivity contribution in [3.63, 3.8) is 0 Å². The lowest BCUT2D eigenvalue weighted by atomic mass is 10.0. The molecule has 1 atom stereocenters. The molecule has 8 nitrogen and oxygen atoms in total. The van der Waals surface area contributed by atoms with E-state index in [1.54, 1.807) is 0 Å². The fraction of sp³-hybridized carbons (Fsp3) is 0.350. The highest BCUT2D eigenvalue weighted by molar-refractivity contribution is 5.46. The van der Waals surface area contributed by atoms with Gasteiger partial charge in [0.05, 0.1) is 18.9 Å². The molecule has 0 spiro atoms. The molecule has 1 saturated heterocycles. The Hall–Kier alpha value is -2.97. The molecule has 0 amide bonds. The van der Waals surface area contributed by atoms with E-state index in [1.807, 2.05) is 35.0 Å². The second-order valence-corrected chi connectivity index (χ2v) is 7.05. The molecule has 0 aliphatic carbocycles. The van der Waals surface area contributed by atoms with Crippen LogP contribution in [0, 0.1) is 6.92 Å². The van der Waals surface area contributed by atoms with E-state index in [-0.39, 0.29) is 12.8 Å². The van der Waals surface area contributed by atoms with Crippen LogP contribution in [0.15, 0.2) is 42.5 Å². The monoisotopic (exact) mass is 380 g/mol. The van der Waals surface area contributed by atoms with E-state index in [2.05, 4.69) is 34.6 Å². The maximum absolute atomic E-state index is 5.61. The average molecular weight is 380 g/mol. The number of quaternary nitrogens is 1. The van der Waals surface area contributed by atoms with Crippen LogP contribution < -0.4 is 14.4 Å². The Labute approximate surface area is 162 Å². The maximum atomic E-state index is 5.61. The van der Waals surface area contributed by atoms with E-state index in [0.717, 1.165) is 60.4 Å². The van der Waals surface area contributed by atoms with E-state index >= 15 is 0 Å². The molecule has 0 saturated carbocycles. The number of aryl methyl sites for hydroxylation is 1. The Morgan fingerprint density at radius 3 is 2.71 bits per heavy atom. The fourth-order valence-corrected chi connectivity index (χ4v) is 3.93. The predicted molar refractivity (Wildman–Crippen MR) is 99.8 cm³/mol. The molecular formula is C20H22N5O3+. The smallest absolute Gasteiger partial charge is 0.231 e. The summed E-state index contributed by atoms with van der Waals surface area (Å²) in [6, 6.07) is 14.2. The van der Waals surface area contributed by atoms with Gasteiger partial charge in [0.25, 0.3) is 0 Å². The zero-order chi connectivity index (χ0) is 18.9. The Morgan fingerprint density at radius 2 is 1.86 bits per heavy atom. The number of para-hydroxylation sites is 1. The van der Waals surface area contributed by atoms with Gasteiger partial charge in [-0.2, -0.15) is 4.68 Å². The first-order chi connectivity index (χ1) is 13.8. The van der Waals surface area contributed by atoms with Gasteiger partial charge >= 0.3 is 0 Å². The van der Waals surface area contributed by atoms with Gasteiger partial charge < -0.3 is 19.1 Å². The summed E-state index contributed by atoms with van der Waals surface area (Å²) in [5.41, 5.74) is 3.21. The summed E-state index contributed by atoms with van der Waals surface area (Å²) < 4.78 is 18.5. The van der Waals surface area contributed by atoms with Crippen molar-refractivity contribution in [3.8, 4) is 17.2 Å². The van der Waals surface area contributed by atoms with Gasteiger partial charge in [0, 0.05) is 5.56 Å². The number of nitrogens with one attached hydrogen (secondary N) is 1. The summed E-state index contributed by atoms with van der Waals surface area (Å²) in [5.74, 6) is 2.35. The summed E-state index contributed by atoms with van der Waals surface area (Å²) in [5, 5.41) is 12.8. The lowest BCUT2D eigenvalue weighted by molar-refractivity contribution is -0.933. The molecule has 2 aliphatic heterocycles. The third kappa shape index (κ3) is 3.00. The quantitative estimate of drug-likeness (QED) is 0.718. The van der Waals surface area contributed by atoms with Crippen LogP contribution in [0.25, 0.3) is 5.69 Å². The largest absolute Gasteiger partial charge is 0.454 e. The van der Waals surface area contributed by atoms with Gasteiger partial charge in [0.2, 0.25) is 12.6 Å². The predicted octanol–water partition coefficient (Wildman–Crippen LogP) is 0.704. The molecule has 0 radical (unpaired) electrons. The van der Waals surface area contributed by atoms with E-state index in [0.29, 0.717) is 0 Å². The Morgan fingerprint density at radius 1 is 1.04 bits per heavy atom. The lowest BCUT2D eigenvalue weighted by Crippen LogP contribution is -3.14. The zero-order valence-electron chi connectivity index (χ0n) is 15.7. The maximum Gasteiger partial charge on any atom is 0.231 e. The molecule has 3 aromatic rings. The van der Waals surface area contributed by atoms with Crippen molar-refractivity contribution in [3.05, 3.63) is 59.4 Å². The van der Waals surface area contributed by atoms with Gasteiger partial charge in [-0.1, -0.05) is 18.2 Å². The summed E-state index contributed by atoms with van der Waals surface area (Å²) in [6.45, 7) is 5.55. The minimum absolute atomic E-state index is 0.0343. The average Bonchev–Trinajstić information content (AvgIpc) is 3.39. The molecule has 2 aromatic carbocycles. The SMILES string of the molecule is Cc1ccccc1-n1nnnc1[C@H](c1ccc2c(c1)OCO2)[NH+]1CCOCC1. The van der Waals surface area contributed by atoms with Crippen LogP contribution in [0.2, 0.25) is 0 Å². The van der Waals surface area contributed by atoms with Crippen LogP contribution in [0.3, 0.4) is 0 Å². The van der Waals surface area contributed by atoms with Gasteiger partial charge in [0.1, 0.15) is 13.1 Å². The normalized spacial score (nSPS) is 17.6. The number of morpholine rings is 1.